The number of amides is 2. The van der Waals surface area contributed by atoms with Crippen LogP contribution in [0.5, 0.6) is 5.75 Å². The minimum absolute atomic E-state index is 0.0173. The van der Waals surface area contributed by atoms with E-state index in [1.54, 1.807) is 35.2 Å². The summed E-state index contributed by atoms with van der Waals surface area (Å²) in [5.41, 5.74) is 0.973. The molecule has 0 unspecified atom stereocenters. The molecule has 4 rings (SSSR count). The maximum Gasteiger partial charge on any atom is 0.257 e. The Morgan fingerprint density at radius 1 is 1.09 bits per heavy atom. The van der Waals surface area contributed by atoms with Crippen molar-refractivity contribution in [3.8, 4) is 5.75 Å². The van der Waals surface area contributed by atoms with Crippen molar-refractivity contribution in [2.45, 2.75) is 44.1 Å². The van der Waals surface area contributed by atoms with Crippen molar-refractivity contribution < 1.29 is 18.7 Å². The molecule has 7 heteroatoms. The summed E-state index contributed by atoms with van der Waals surface area (Å²) in [5.74, 6) is -0.0630. The summed E-state index contributed by atoms with van der Waals surface area (Å²) in [6, 6.07) is 11.5. The summed E-state index contributed by atoms with van der Waals surface area (Å²) >= 11 is 6.07. The van der Waals surface area contributed by atoms with E-state index in [0.29, 0.717) is 42.3 Å². The van der Waals surface area contributed by atoms with E-state index in [1.807, 2.05) is 0 Å². The minimum Gasteiger partial charge on any atom is -0.496 e. The number of piperidine rings is 1. The first-order valence-corrected chi connectivity index (χ1v) is 11.5. The molecule has 2 fully saturated rings. The Balaban J connectivity index is 1.41. The third-order valence-electron chi connectivity index (χ3n) is 6.76. The molecule has 0 spiro atoms. The zero-order valence-electron chi connectivity index (χ0n) is 18.2. The normalized spacial score (nSPS) is 18.4. The molecule has 32 heavy (non-hydrogen) atoms. The zero-order valence-corrected chi connectivity index (χ0v) is 19.0. The highest BCUT2D eigenvalue weighted by Gasteiger charge is 2.39. The molecule has 1 aliphatic heterocycles. The van der Waals surface area contributed by atoms with Gasteiger partial charge in [-0.3, -0.25) is 9.59 Å². The van der Waals surface area contributed by atoms with E-state index in [0.717, 1.165) is 31.2 Å². The summed E-state index contributed by atoms with van der Waals surface area (Å²) in [7, 11) is 1.52. The third-order valence-corrected chi connectivity index (χ3v) is 7.00. The average Bonchev–Trinajstić information content (AvgIpc) is 3.28. The zero-order chi connectivity index (χ0) is 22.7. The van der Waals surface area contributed by atoms with Crippen LogP contribution in [-0.4, -0.2) is 36.9 Å². The summed E-state index contributed by atoms with van der Waals surface area (Å²) < 4.78 is 18.7. The fourth-order valence-electron chi connectivity index (χ4n) is 4.93. The quantitative estimate of drug-likeness (QED) is 0.691. The molecule has 2 aromatic carbocycles. The van der Waals surface area contributed by atoms with Crippen LogP contribution in [0.2, 0.25) is 5.02 Å². The summed E-state index contributed by atoms with van der Waals surface area (Å²) in [5, 5.41) is 3.77. The highest BCUT2D eigenvalue weighted by molar-refractivity contribution is 6.31. The molecule has 1 saturated carbocycles. The molecule has 170 valence electrons. The van der Waals surface area contributed by atoms with Crippen molar-refractivity contribution in [1.29, 1.82) is 0 Å². The Bertz CT molecular complexity index is 981. The molecular formula is C25H28ClFN2O3. The Morgan fingerprint density at radius 3 is 2.38 bits per heavy atom. The van der Waals surface area contributed by atoms with Crippen LogP contribution < -0.4 is 10.1 Å². The molecular weight excluding hydrogens is 431 g/mol. The van der Waals surface area contributed by atoms with Crippen LogP contribution in [0, 0.1) is 11.7 Å². The molecule has 2 aliphatic rings. The molecule has 0 atom stereocenters. The minimum atomic E-state index is -0.425. The van der Waals surface area contributed by atoms with Crippen LogP contribution in [0.4, 0.5) is 4.39 Å². The predicted octanol–water partition coefficient (Wildman–Crippen LogP) is 4.93. The third kappa shape index (κ3) is 4.60. The lowest BCUT2D eigenvalue weighted by Gasteiger charge is -2.36. The number of benzene rings is 2. The van der Waals surface area contributed by atoms with Crippen LogP contribution >= 0.6 is 11.6 Å². The molecule has 1 heterocycles. The van der Waals surface area contributed by atoms with Crippen molar-refractivity contribution in [1.82, 2.24) is 10.2 Å². The van der Waals surface area contributed by atoms with E-state index in [2.05, 4.69) is 5.32 Å². The summed E-state index contributed by atoms with van der Waals surface area (Å²) in [6.45, 7) is 0.992. The largest absolute Gasteiger partial charge is 0.496 e. The van der Waals surface area contributed by atoms with E-state index in [9.17, 15) is 14.0 Å². The second-order valence-electron chi connectivity index (χ2n) is 8.70. The van der Waals surface area contributed by atoms with Gasteiger partial charge in [0, 0.05) is 24.0 Å². The van der Waals surface area contributed by atoms with Crippen molar-refractivity contribution in [3.63, 3.8) is 0 Å². The number of ether oxygens (including phenoxy) is 1. The lowest BCUT2D eigenvalue weighted by Crippen LogP contribution is -2.49. The molecule has 2 amide bonds. The van der Waals surface area contributed by atoms with Gasteiger partial charge in [0.05, 0.1) is 18.2 Å². The van der Waals surface area contributed by atoms with Crippen molar-refractivity contribution in [2.24, 2.45) is 5.92 Å². The lowest BCUT2D eigenvalue weighted by atomic mass is 9.86. The Hall–Kier alpha value is -2.60. The van der Waals surface area contributed by atoms with E-state index in [-0.39, 0.29) is 23.5 Å². The number of rotatable bonds is 5. The number of nitrogens with one attached hydrogen (secondary N) is 1. The number of carbonyl (C=O) groups is 2. The fraction of sp³-hybridized carbons (Fsp3) is 0.440. The molecule has 2 aromatic rings. The van der Waals surface area contributed by atoms with Crippen LogP contribution in [0.1, 0.15) is 54.4 Å². The van der Waals surface area contributed by atoms with Crippen LogP contribution in [0.3, 0.4) is 0 Å². The van der Waals surface area contributed by atoms with Gasteiger partial charge in [0.25, 0.3) is 5.91 Å². The van der Waals surface area contributed by atoms with Gasteiger partial charge in [0.15, 0.2) is 0 Å². The fourth-order valence-corrected chi connectivity index (χ4v) is 5.11. The first-order chi connectivity index (χ1) is 15.4. The smallest absolute Gasteiger partial charge is 0.257 e. The highest BCUT2D eigenvalue weighted by Crippen LogP contribution is 2.39. The lowest BCUT2D eigenvalue weighted by molar-refractivity contribution is -0.128. The van der Waals surface area contributed by atoms with Gasteiger partial charge in [-0.2, -0.15) is 0 Å². The molecule has 0 bridgehead atoms. The highest BCUT2D eigenvalue weighted by atomic mass is 35.5. The van der Waals surface area contributed by atoms with Gasteiger partial charge in [-0.25, -0.2) is 4.39 Å². The number of nitrogens with zero attached hydrogens (tertiary/aromatic N) is 1. The van der Waals surface area contributed by atoms with Crippen molar-refractivity contribution in [3.05, 3.63) is 64.4 Å². The summed E-state index contributed by atoms with van der Waals surface area (Å²) in [4.78, 5) is 27.9. The number of carbonyl (C=O) groups excluding carboxylic acids is 2. The number of methoxy groups -OCH3 is 1. The van der Waals surface area contributed by atoms with E-state index >= 15 is 0 Å². The number of hydrogen-bond donors (Lipinski definition) is 1. The number of halogens is 2. The molecule has 5 nitrogen and oxygen atoms in total. The van der Waals surface area contributed by atoms with Gasteiger partial charge >= 0.3 is 0 Å². The molecule has 0 aromatic heterocycles. The van der Waals surface area contributed by atoms with Gasteiger partial charge in [0.1, 0.15) is 11.6 Å². The maximum atomic E-state index is 13.4. The average molecular weight is 459 g/mol. The van der Waals surface area contributed by atoms with Gasteiger partial charge in [-0.05, 0) is 61.6 Å². The van der Waals surface area contributed by atoms with Crippen LogP contribution in [0.15, 0.2) is 42.5 Å². The van der Waals surface area contributed by atoms with Crippen LogP contribution in [-0.2, 0) is 10.3 Å². The predicted molar refractivity (Wildman–Crippen MR) is 121 cm³/mol. The molecule has 1 aliphatic carbocycles. The Kier molecular flexibility index (Phi) is 6.70. The van der Waals surface area contributed by atoms with Gasteiger partial charge < -0.3 is 15.0 Å². The Labute approximate surface area is 192 Å². The first-order valence-electron chi connectivity index (χ1n) is 11.1. The van der Waals surface area contributed by atoms with E-state index < -0.39 is 5.54 Å². The maximum absolute atomic E-state index is 13.4. The number of likely N-dealkylation sites (tertiary alicyclic amines) is 1. The topological polar surface area (TPSA) is 58.6 Å². The van der Waals surface area contributed by atoms with E-state index in [4.69, 9.17) is 16.3 Å². The summed E-state index contributed by atoms with van der Waals surface area (Å²) in [6.07, 6.45) is 4.98. The molecule has 1 N–H and O–H groups in total. The second kappa shape index (κ2) is 9.49. The SMILES string of the molecule is COc1ccc(Cl)cc1C(=O)N1CCC(C(=O)NC2(c3ccc(F)cc3)CCCC2)CC1. The number of hydrogen-bond acceptors (Lipinski definition) is 3. The van der Waals surface area contributed by atoms with E-state index in [1.165, 1.54) is 19.2 Å². The Morgan fingerprint density at radius 2 is 1.75 bits per heavy atom. The van der Waals surface area contributed by atoms with Gasteiger partial charge in [0.2, 0.25) is 5.91 Å². The monoisotopic (exact) mass is 458 g/mol. The van der Waals surface area contributed by atoms with Crippen molar-refractivity contribution in [2.75, 3.05) is 20.2 Å². The first kappa shape index (κ1) is 22.6. The van der Waals surface area contributed by atoms with Gasteiger partial charge in [-0.15, -0.1) is 0 Å². The van der Waals surface area contributed by atoms with Crippen LogP contribution in [0.25, 0.3) is 0 Å². The standard InChI is InChI=1S/C25H28ClFN2O3/c1-32-22-9-6-19(26)16-21(22)24(31)29-14-10-17(11-15-29)23(30)28-25(12-2-3-13-25)18-4-7-20(27)8-5-18/h4-9,16-17H,2-3,10-15H2,1H3,(H,28,30). The molecule has 1 saturated heterocycles. The van der Waals surface area contributed by atoms with Crippen molar-refractivity contribution >= 4 is 23.4 Å². The van der Waals surface area contributed by atoms with Gasteiger partial charge in [-0.1, -0.05) is 36.6 Å². The molecule has 0 radical (unpaired) electrons. The second-order valence-corrected chi connectivity index (χ2v) is 9.13.